The SMILES string of the molecule is CCCCCCC(=O)NC(=N)N(C)CC(=O)O. The van der Waals surface area contributed by atoms with E-state index in [9.17, 15) is 9.59 Å². The zero-order chi connectivity index (χ0) is 13.3. The summed E-state index contributed by atoms with van der Waals surface area (Å²) in [7, 11) is 1.45. The van der Waals surface area contributed by atoms with Gasteiger partial charge in [0.25, 0.3) is 0 Å². The van der Waals surface area contributed by atoms with E-state index in [0.717, 1.165) is 25.7 Å². The highest BCUT2D eigenvalue weighted by Crippen LogP contribution is 2.01. The minimum Gasteiger partial charge on any atom is -0.480 e. The molecule has 0 bridgehead atoms. The van der Waals surface area contributed by atoms with Gasteiger partial charge in [-0.25, -0.2) is 0 Å². The molecule has 0 heterocycles. The highest BCUT2D eigenvalue weighted by molar-refractivity contribution is 5.96. The van der Waals surface area contributed by atoms with Crippen molar-refractivity contribution in [3.63, 3.8) is 0 Å². The first kappa shape index (κ1) is 15.4. The molecule has 0 atom stereocenters. The van der Waals surface area contributed by atoms with Gasteiger partial charge in [0.15, 0.2) is 5.96 Å². The van der Waals surface area contributed by atoms with Crippen LogP contribution in [-0.4, -0.2) is 41.4 Å². The first-order valence-corrected chi connectivity index (χ1v) is 5.78. The number of hydrogen-bond donors (Lipinski definition) is 3. The summed E-state index contributed by atoms with van der Waals surface area (Å²) in [6.45, 7) is 1.80. The predicted molar refractivity (Wildman–Crippen MR) is 64.9 cm³/mol. The van der Waals surface area contributed by atoms with E-state index in [0.29, 0.717) is 6.42 Å². The third-order valence-electron chi connectivity index (χ3n) is 2.27. The van der Waals surface area contributed by atoms with E-state index in [1.807, 2.05) is 0 Å². The van der Waals surface area contributed by atoms with Crippen molar-refractivity contribution in [2.45, 2.75) is 39.0 Å². The Morgan fingerprint density at radius 1 is 1.29 bits per heavy atom. The van der Waals surface area contributed by atoms with Crippen LogP contribution in [0.4, 0.5) is 0 Å². The molecule has 0 saturated carbocycles. The summed E-state index contributed by atoms with van der Waals surface area (Å²) in [6.07, 6.45) is 4.39. The summed E-state index contributed by atoms with van der Waals surface area (Å²) in [4.78, 5) is 22.9. The van der Waals surface area contributed by atoms with Crippen molar-refractivity contribution < 1.29 is 14.7 Å². The van der Waals surface area contributed by atoms with Gasteiger partial charge in [0.2, 0.25) is 5.91 Å². The lowest BCUT2D eigenvalue weighted by Crippen LogP contribution is -2.43. The Kier molecular flexibility index (Phi) is 7.75. The molecule has 3 N–H and O–H groups in total. The largest absolute Gasteiger partial charge is 0.480 e. The van der Waals surface area contributed by atoms with Crippen LogP contribution in [-0.2, 0) is 9.59 Å². The molecule has 0 fully saturated rings. The van der Waals surface area contributed by atoms with Gasteiger partial charge >= 0.3 is 5.97 Å². The number of nitrogens with zero attached hydrogens (tertiary/aromatic N) is 1. The van der Waals surface area contributed by atoms with Crippen LogP contribution < -0.4 is 5.32 Å². The van der Waals surface area contributed by atoms with E-state index in [-0.39, 0.29) is 18.4 Å². The second kappa shape index (κ2) is 8.55. The first-order chi connectivity index (χ1) is 7.97. The molecular weight excluding hydrogens is 222 g/mol. The molecule has 0 spiro atoms. The van der Waals surface area contributed by atoms with Crippen LogP contribution >= 0.6 is 0 Å². The molecule has 0 radical (unpaired) electrons. The van der Waals surface area contributed by atoms with E-state index in [1.165, 1.54) is 11.9 Å². The maximum absolute atomic E-state index is 11.4. The summed E-state index contributed by atoms with van der Waals surface area (Å²) in [5.74, 6) is -1.44. The molecular formula is C11H21N3O3. The maximum atomic E-state index is 11.4. The third-order valence-corrected chi connectivity index (χ3v) is 2.27. The van der Waals surface area contributed by atoms with Crippen LogP contribution in [0.1, 0.15) is 39.0 Å². The molecule has 0 aromatic rings. The lowest BCUT2D eigenvalue weighted by atomic mass is 10.1. The van der Waals surface area contributed by atoms with Gasteiger partial charge in [-0.1, -0.05) is 26.2 Å². The van der Waals surface area contributed by atoms with Gasteiger partial charge in [-0.3, -0.25) is 20.3 Å². The van der Waals surface area contributed by atoms with Gasteiger partial charge in [0, 0.05) is 13.5 Å². The Balaban J connectivity index is 3.79. The van der Waals surface area contributed by atoms with Crippen LogP contribution in [0.5, 0.6) is 0 Å². The fourth-order valence-corrected chi connectivity index (χ4v) is 1.28. The minimum absolute atomic E-state index is 0.173. The third kappa shape index (κ3) is 8.24. The molecule has 0 aliphatic heterocycles. The van der Waals surface area contributed by atoms with Crippen LogP contribution in [0, 0.1) is 5.41 Å². The quantitative estimate of drug-likeness (QED) is 0.353. The van der Waals surface area contributed by atoms with Crippen molar-refractivity contribution in [3.8, 4) is 0 Å². The smallest absolute Gasteiger partial charge is 0.323 e. The Bertz CT molecular complexity index is 279. The number of rotatable bonds is 7. The highest BCUT2D eigenvalue weighted by Gasteiger charge is 2.11. The number of carbonyl (C=O) groups is 2. The average molecular weight is 243 g/mol. The van der Waals surface area contributed by atoms with Crippen molar-refractivity contribution in [1.82, 2.24) is 10.2 Å². The number of nitrogens with one attached hydrogen (secondary N) is 2. The molecule has 1 amide bonds. The number of aliphatic carboxylic acids is 1. The molecule has 6 nitrogen and oxygen atoms in total. The number of unbranched alkanes of at least 4 members (excludes halogenated alkanes) is 3. The average Bonchev–Trinajstić information content (AvgIpc) is 2.23. The molecule has 98 valence electrons. The molecule has 0 aliphatic rings. The zero-order valence-corrected chi connectivity index (χ0v) is 10.5. The number of carboxylic acids is 1. The lowest BCUT2D eigenvalue weighted by molar-refractivity contribution is -0.137. The van der Waals surface area contributed by atoms with Gasteiger partial charge in [-0.2, -0.15) is 0 Å². The standard InChI is InChI=1S/C11H21N3O3/c1-3-4-5-6-7-9(15)13-11(12)14(2)8-10(16)17/h3-8H2,1-2H3,(H,16,17)(H2,12,13,15). The molecule has 0 aromatic heterocycles. The summed E-state index contributed by atoms with van der Waals surface area (Å²) in [6, 6.07) is 0. The number of carboxylic acid groups (broad SMARTS) is 1. The molecule has 6 heteroatoms. The molecule has 0 aliphatic carbocycles. The number of amides is 1. The topological polar surface area (TPSA) is 93.5 Å². The maximum Gasteiger partial charge on any atom is 0.323 e. The molecule has 0 rings (SSSR count). The summed E-state index contributed by atoms with van der Waals surface area (Å²) >= 11 is 0. The van der Waals surface area contributed by atoms with E-state index < -0.39 is 5.97 Å². The number of guanidine groups is 1. The number of likely N-dealkylation sites (N-methyl/N-ethyl adjacent to an activating group) is 1. The van der Waals surface area contributed by atoms with Crippen molar-refractivity contribution in [2.24, 2.45) is 0 Å². The van der Waals surface area contributed by atoms with E-state index in [4.69, 9.17) is 10.5 Å². The normalized spacial score (nSPS) is 9.76. The lowest BCUT2D eigenvalue weighted by Gasteiger charge is -2.17. The minimum atomic E-state index is -1.03. The van der Waals surface area contributed by atoms with Crippen molar-refractivity contribution in [3.05, 3.63) is 0 Å². The van der Waals surface area contributed by atoms with Gasteiger partial charge in [0.1, 0.15) is 6.54 Å². The first-order valence-electron chi connectivity index (χ1n) is 5.78. The second-order valence-corrected chi connectivity index (χ2v) is 3.96. The van der Waals surface area contributed by atoms with Crippen molar-refractivity contribution in [2.75, 3.05) is 13.6 Å². The van der Waals surface area contributed by atoms with Gasteiger partial charge < -0.3 is 10.0 Å². The van der Waals surface area contributed by atoms with Gasteiger partial charge in [-0.05, 0) is 6.42 Å². The fraction of sp³-hybridized carbons (Fsp3) is 0.727. The summed E-state index contributed by atoms with van der Waals surface area (Å²) in [5, 5.41) is 18.4. The summed E-state index contributed by atoms with van der Waals surface area (Å²) in [5.41, 5.74) is 0. The molecule has 17 heavy (non-hydrogen) atoms. The highest BCUT2D eigenvalue weighted by atomic mass is 16.4. The van der Waals surface area contributed by atoms with Crippen LogP contribution in [0.25, 0.3) is 0 Å². The van der Waals surface area contributed by atoms with Crippen LogP contribution in [0.3, 0.4) is 0 Å². The fourth-order valence-electron chi connectivity index (χ4n) is 1.28. The monoisotopic (exact) mass is 243 g/mol. The van der Waals surface area contributed by atoms with Crippen molar-refractivity contribution in [1.29, 1.82) is 5.41 Å². The number of hydrogen-bond acceptors (Lipinski definition) is 3. The van der Waals surface area contributed by atoms with E-state index in [2.05, 4.69) is 12.2 Å². The van der Waals surface area contributed by atoms with Crippen LogP contribution in [0.15, 0.2) is 0 Å². The Labute approximate surface area is 102 Å². The number of carbonyl (C=O) groups excluding carboxylic acids is 1. The van der Waals surface area contributed by atoms with Crippen LogP contribution in [0.2, 0.25) is 0 Å². The predicted octanol–water partition coefficient (Wildman–Crippen LogP) is 1.02. The second-order valence-electron chi connectivity index (χ2n) is 3.96. The van der Waals surface area contributed by atoms with Crippen molar-refractivity contribution >= 4 is 17.8 Å². The van der Waals surface area contributed by atoms with E-state index in [1.54, 1.807) is 0 Å². The Morgan fingerprint density at radius 2 is 1.94 bits per heavy atom. The molecule has 0 unspecified atom stereocenters. The Morgan fingerprint density at radius 3 is 2.47 bits per heavy atom. The zero-order valence-electron chi connectivity index (χ0n) is 10.5. The summed E-state index contributed by atoms with van der Waals surface area (Å²) < 4.78 is 0. The molecule has 0 saturated heterocycles. The molecule has 0 aromatic carbocycles. The Hall–Kier alpha value is -1.59. The van der Waals surface area contributed by atoms with E-state index >= 15 is 0 Å². The van der Waals surface area contributed by atoms with Gasteiger partial charge in [0.05, 0.1) is 0 Å². The van der Waals surface area contributed by atoms with Gasteiger partial charge in [-0.15, -0.1) is 0 Å².